The van der Waals surface area contributed by atoms with Crippen LogP contribution in [0.5, 0.6) is 0 Å². The van der Waals surface area contributed by atoms with Gasteiger partial charge in [-0.25, -0.2) is 0 Å². The van der Waals surface area contributed by atoms with Crippen molar-refractivity contribution in [1.29, 1.82) is 0 Å². The highest BCUT2D eigenvalue weighted by atomic mass is 32.1. The van der Waals surface area contributed by atoms with Crippen LogP contribution in [-0.4, -0.2) is 14.6 Å². The van der Waals surface area contributed by atoms with E-state index in [9.17, 15) is 0 Å². The summed E-state index contributed by atoms with van der Waals surface area (Å²) >= 11 is 1.66. The van der Waals surface area contributed by atoms with Gasteiger partial charge in [-0.3, -0.25) is 4.40 Å². The van der Waals surface area contributed by atoms with E-state index in [1.807, 2.05) is 0 Å². The van der Waals surface area contributed by atoms with Gasteiger partial charge in [0, 0.05) is 0 Å². The summed E-state index contributed by atoms with van der Waals surface area (Å²) in [5, 5.41) is 8.23. The van der Waals surface area contributed by atoms with Crippen molar-refractivity contribution in [2.24, 2.45) is 5.73 Å². The fourth-order valence-corrected chi connectivity index (χ4v) is 3.27. The SMILES string of the molecule is Cc1cc(C)c2c(c1)sc1nnc(CN)n12. The molecule has 0 saturated carbocycles. The third-order valence-corrected chi connectivity index (χ3v) is 3.70. The van der Waals surface area contributed by atoms with E-state index in [0.717, 1.165) is 10.8 Å². The van der Waals surface area contributed by atoms with Gasteiger partial charge in [0.1, 0.15) is 0 Å². The molecule has 2 aromatic heterocycles. The van der Waals surface area contributed by atoms with E-state index >= 15 is 0 Å². The Bertz CT molecular complexity index is 680. The van der Waals surface area contributed by atoms with Crippen molar-refractivity contribution in [3.63, 3.8) is 0 Å². The Morgan fingerprint density at radius 3 is 2.88 bits per heavy atom. The van der Waals surface area contributed by atoms with Crippen molar-refractivity contribution >= 4 is 26.5 Å². The van der Waals surface area contributed by atoms with E-state index in [1.54, 1.807) is 11.3 Å². The Morgan fingerprint density at radius 1 is 1.31 bits per heavy atom. The first-order valence-corrected chi connectivity index (χ1v) is 5.96. The summed E-state index contributed by atoms with van der Waals surface area (Å²) in [4.78, 5) is 0.921. The summed E-state index contributed by atoms with van der Waals surface area (Å²) in [6, 6.07) is 4.36. The molecule has 3 aromatic rings. The van der Waals surface area contributed by atoms with Crippen LogP contribution >= 0.6 is 11.3 Å². The van der Waals surface area contributed by atoms with Crippen LogP contribution < -0.4 is 5.73 Å². The van der Waals surface area contributed by atoms with Crippen molar-refractivity contribution in [1.82, 2.24) is 14.6 Å². The molecule has 4 nitrogen and oxygen atoms in total. The fourth-order valence-electron chi connectivity index (χ4n) is 2.11. The molecule has 0 aliphatic rings. The smallest absolute Gasteiger partial charge is 0.217 e. The lowest BCUT2D eigenvalue weighted by Gasteiger charge is -2.01. The Kier molecular flexibility index (Phi) is 1.99. The lowest BCUT2D eigenvalue weighted by atomic mass is 10.1. The van der Waals surface area contributed by atoms with Crippen molar-refractivity contribution in [3.8, 4) is 0 Å². The number of thiazole rings is 1. The van der Waals surface area contributed by atoms with E-state index in [-0.39, 0.29) is 0 Å². The molecule has 0 atom stereocenters. The summed E-state index contributed by atoms with van der Waals surface area (Å²) in [6.07, 6.45) is 0. The second-order valence-electron chi connectivity index (χ2n) is 3.97. The number of rotatable bonds is 1. The number of nitrogens with two attached hydrogens (primary N) is 1. The van der Waals surface area contributed by atoms with Gasteiger partial charge < -0.3 is 5.73 Å². The van der Waals surface area contributed by atoms with Crippen LogP contribution in [-0.2, 0) is 6.54 Å². The molecule has 0 amide bonds. The average Bonchev–Trinajstić information content (AvgIpc) is 2.74. The summed E-state index contributed by atoms with van der Waals surface area (Å²) < 4.78 is 3.31. The molecule has 0 spiro atoms. The highest BCUT2D eigenvalue weighted by molar-refractivity contribution is 7.23. The first-order valence-electron chi connectivity index (χ1n) is 5.14. The molecule has 3 rings (SSSR count). The normalized spacial score (nSPS) is 11.7. The molecule has 0 radical (unpaired) electrons. The number of aryl methyl sites for hydroxylation is 2. The molecule has 0 unspecified atom stereocenters. The standard InChI is InChI=1S/C11H12N4S/c1-6-3-7(2)10-8(4-6)16-11-14-13-9(5-12)15(10)11/h3-4H,5,12H2,1-2H3. The van der Waals surface area contributed by atoms with Gasteiger partial charge in [-0.05, 0) is 31.0 Å². The van der Waals surface area contributed by atoms with Crippen molar-refractivity contribution in [2.75, 3.05) is 0 Å². The van der Waals surface area contributed by atoms with Crippen molar-refractivity contribution < 1.29 is 0 Å². The van der Waals surface area contributed by atoms with Crippen LogP contribution in [0.3, 0.4) is 0 Å². The van der Waals surface area contributed by atoms with Gasteiger partial charge in [0.15, 0.2) is 5.82 Å². The van der Waals surface area contributed by atoms with E-state index in [4.69, 9.17) is 5.73 Å². The largest absolute Gasteiger partial charge is 0.324 e. The molecule has 0 saturated heterocycles. The summed E-state index contributed by atoms with van der Waals surface area (Å²) in [5.41, 5.74) is 9.38. The van der Waals surface area contributed by atoms with Gasteiger partial charge in [-0.1, -0.05) is 17.4 Å². The molecule has 0 aliphatic heterocycles. The van der Waals surface area contributed by atoms with E-state index in [2.05, 4.69) is 40.6 Å². The number of aromatic nitrogens is 3. The van der Waals surface area contributed by atoms with Gasteiger partial charge in [0.2, 0.25) is 4.96 Å². The van der Waals surface area contributed by atoms with Crippen molar-refractivity contribution in [3.05, 3.63) is 29.1 Å². The molecule has 2 heterocycles. The third-order valence-electron chi connectivity index (χ3n) is 2.72. The second-order valence-corrected chi connectivity index (χ2v) is 4.98. The zero-order valence-electron chi connectivity index (χ0n) is 9.19. The van der Waals surface area contributed by atoms with Gasteiger partial charge in [0.25, 0.3) is 0 Å². The first-order chi connectivity index (χ1) is 7.70. The monoisotopic (exact) mass is 232 g/mol. The number of hydrogen-bond acceptors (Lipinski definition) is 4. The quantitative estimate of drug-likeness (QED) is 0.698. The van der Waals surface area contributed by atoms with E-state index in [1.165, 1.54) is 21.3 Å². The number of hydrogen-bond donors (Lipinski definition) is 1. The lowest BCUT2D eigenvalue weighted by molar-refractivity contribution is 0.894. The third kappa shape index (κ3) is 1.19. The van der Waals surface area contributed by atoms with Gasteiger partial charge >= 0.3 is 0 Å². The topological polar surface area (TPSA) is 56.2 Å². The zero-order chi connectivity index (χ0) is 11.3. The molecular weight excluding hydrogens is 220 g/mol. The van der Waals surface area contributed by atoms with Crippen LogP contribution in [0.2, 0.25) is 0 Å². The maximum Gasteiger partial charge on any atom is 0.217 e. The zero-order valence-corrected chi connectivity index (χ0v) is 10.0. The summed E-state index contributed by atoms with van der Waals surface area (Å²) in [7, 11) is 0. The fraction of sp³-hybridized carbons (Fsp3) is 0.273. The van der Waals surface area contributed by atoms with E-state index < -0.39 is 0 Å². The summed E-state index contributed by atoms with van der Waals surface area (Å²) in [6.45, 7) is 4.64. The predicted octanol–water partition coefficient (Wildman–Crippen LogP) is 2.02. The number of nitrogens with zero attached hydrogens (tertiary/aromatic N) is 3. The second kappa shape index (κ2) is 3.26. The van der Waals surface area contributed by atoms with Crippen LogP contribution in [0.1, 0.15) is 17.0 Å². The van der Waals surface area contributed by atoms with Gasteiger partial charge in [-0.2, -0.15) is 0 Å². The van der Waals surface area contributed by atoms with Crippen LogP contribution in [0.25, 0.3) is 15.2 Å². The molecule has 0 aliphatic carbocycles. The summed E-state index contributed by atoms with van der Waals surface area (Å²) in [5.74, 6) is 0.827. The maximum atomic E-state index is 5.67. The minimum Gasteiger partial charge on any atom is -0.324 e. The Labute approximate surface area is 96.7 Å². The highest BCUT2D eigenvalue weighted by Gasteiger charge is 2.13. The van der Waals surface area contributed by atoms with Crippen LogP contribution in [0.15, 0.2) is 12.1 Å². The van der Waals surface area contributed by atoms with Gasteiger partial charge in [0.05, 0.1) is 16.8 Å². The van der Waals surface area contributed by atoms with Crippen LogP contribution in [0.4, 0.5) is 0 Å². The average molecular weight is 232 g/mol. The lowest BCUT2D eigenvalue weighted by Crippen LogP contribution is -2.02. The Hall–Kier alpha value is -1.46. The predicted molar refractivity (Wildman–Crippen MR) is 65.7 cm³/mol. The molecule has 16 heavy (non-hydrogen) atoms. The van der Waals surface area contributed by atoms with Crippen LogP contribution in [0, 0.1) is 13.8 Å². The van der Waals surface area contributed by atoms with E-state index in [0.29, 0.717) is 6.54 Å². The maximum absolute atomic E-state index is 5.67. The molecule has 0 bridgehead atoms. The number of fused-ring (bicyclic) bond motifs is 3. The first kappa shape index (κ1) is 9.74. The molecule has 1 aromatic carbocycles. The molecular formula is C11H12N4S. The molecule has 82 valence electrons. The number of benzene rings is 1. The Balaban J connectivity index is 2.55. The minimum atomic E-state index is 0.417. The Morgan fingerprint density at radius 2 is 2.12 bits per heavy atom. The molecule has 2 N–H and O–H groups in total. The molecule has 5 heteroatoms. The minimum absolute atomic E-state index is 0.417. The van der Waals surface area contributed by atoms with Gasteiger partial charge in [-0.15, -0.1) is 10.2 Å². The molecule has 0 fully saturated rings. The highest BCUT2D eigenvalue weighted by Crippen LogP contribution is 2.29. The van der Waals surface area contributed by atoms with Crippen molar-refractivity contribution in [2.45, 2.75) is 20.4 Å².